The van der Waals surface area contributed by atoms with Gasteiger partial charge in [-0.15, -0.1) is 0 Å². The summed E-state index contributed by atoms with van der Waals surface area (Å²) in [7, 11) is 0. The van der Waals surface area contributed by atoms with Gasteiger partial charge in [0.05, 0.1) is 48.6 Å². The zero-order valence-corrected chi connectivity index (χ0v) is 18.5. The van der Waals surface area contributed by atoms with Crippen molar-refractivity contribution in [3.8, 4) is 0 Å². The molecular weight excluding hydrogens is 451 g/mol. The molecule has 0 spiro atoms. The second-order valence-electron chi connectivity index (χ2n) is 7.10. The van der Waals surface area contributed by atoms with Crippen LogP contribution in [0.5, 0.6) is 0 Å². The van der Waals surface area contributed by atoms with Crippen LogP contribution in [0.4, 0.5) is 19.0 Å². The van der Waals surface area contributed by atoms with E-state index in [9.17, 15) is 18.0 Å². The number of rotatable bonds is 8. The smallest absolute Gasteiger partial charge is 0.314 e. The maximum absolute atomic E-state index is 14.7. The minimum atomic E-state index is -2.96. The van der Waals surface area contributed by atoms with E-state index in [1.807, 2.05) is 0 Å². The van der Waals surface area contributed by atoms with Gasteiger partial charge in [-0.2, -0.15) is 0 Å². The molecule has 174 valence electrons. The van der Waals surface area contributed by atoms with Gasteiger partial charge in [-0.3, -0.25) is 4.79 Å². The molecule has 2 atom stereocenters. The van der Waals surface area contributed by atoms with Crippen molar-refractivity contribution in [2.45, 2.75) is 45.4 Å². The van der Waals surface area contributed by atoms with Gasteiger partial charge in [-0.05, 0) is 32.4 Å². The highest BCUT2D eigenvalue weighted by molar-refractivity contribution is 6.28. The van der Waals surface area contributed by atoms with Crippen molar-refractivity contribution in [2.24, 2.45) is 0 Å². The molecule has 1 fully saturated rings. The van der Waals surface area contributed by atoms with E-state index in [1.54, 1.807) is 20.8 Å². The fourth-order valence-electron chi connectivity index (χ4n) is 3.39. The normalized spacial score (nSPS) is 16.2. The van der Waals surface area contributed by atoms with E-state index >= 15 is 0 Å². The lowest BCUT2D eigenvalue weighted by Crippen LogP contribution is -2.21. The number of nitrogens with one attached hydrogen (secondary N) is 1. The van der Waals surface area contributed by atoms with Crippen LogP contribution in [0, 0.1) is 5.82 Å². The zero-order valence-electron chi connectivity index (χ0n) is 17.7. The summed E-state index contributed by atoms with van der Waals surface area (Å²) in [6.45, 7) is 5.64. The third kappa shape index (κ3) is 5.13. The molecule has 11 heteroatoms. The summed E-state index contributed by atoms with van der Waals surface area (Å²) in [5.74, 6) is -2.24. The first-order valence-corrected chi connectivity index (χ1v) is 10.4. The summed E-state index contributed by atoms with van der Waals surface area (Å²) in [5, 5.41) is 2.81. The molecule has 1 saturated heterocycles. The van der Waals surface area contributed by atoms with Gasteiger partial charge in [0.1, 0.15) is 11.6 Å². The van der Waals surface area contributed by atoms with Gasteiger partial charge < -0.3 is 19.5 Å². The van der Waals surface area contributed by atoms with Gasteiger partial charge in [-0.1, -0.05) is 18.2 Å². The molecule has 2 aromatic rings. The monoisotopic (exact) mass is 473 g/mol. The Labute approximate surface area is 188 Å². The number of ether oxygens (including phenoxy) is 3. The average Bonchev–Trinajstić information content (AvgIpc) is 3.27. The van der Waals surface area contributed by atoms with Crippen LogP contribution in [0.1, 0.15) is 67.8 Å². The standard InChI is InChI=1S/C21H23ClF3N3O4/c1-4-30-19(29)10(2)16-14(20-31-8-9-32-20)18(28-21(22)27-16)26-11(3)12-6-5-7-13(15(12)23)17(24)25/h5-7,10-11,17,20H,4,8-9H2,1-3H3,(H,26,27,28)/t10?,11-/m1/s1. The van der Waals surface area contributed by atoms with E-state index in [2.05, 4.69) is 15.3 Å². The minimum absolute atomic E-state index is 0.0109. The minimum Gasteiger partial charge on any atom is -0.465 e. The zero-order chi connectivity index (χ0) is 23.4. The first kappa shape index (κ1) is 24.2. The number of hydrogen-bond donors (Lipinski definition) is 1. The molecule has 1 N–H and O–H groups in total. The number of carbonyl (C=O) groups excluding carboxylic acids is 1. The summed E-state index contributed by atoms with van der Waals surface area (Å²) >= 11 is 6.11. The van der Waals surface area contributed by atoms with Crippen LogP contribution in [-0.2, 0) is 19.0 Å². The second kappa shape index (κ2) is 10.5. The van der Waals surface area contributed by atoms with Crippen molar-refractivity contribution in [2.75, 3.05) is 25.1 Å². The maximum atomic E-state index is 14.7. The number of nitrogens with zero attached hydrogens (tertiary/aromatic N) is 2. The molecule has 0 saturated carbocycles. The van der Waals surface area contributed by atoms with Gasteiger partial charge in [0.15, 0.2) is 6.29 Å². The van der Waals surface area contributed by atoms with Gasteiger partial charge in [0, 0.05) is 5.56 Å². The van der Waals surface area contributed by atoms with Crippen molar-refractivity contribution in [3.63, 3.8) is 0 Å². The summed E-state index contributed by atoms with van der Waals surface area (Å²) in [6.07, 6.45) is -3.85. The van der Waals surface area contributed by atoms with E-state index in [0.29, 0.717) is 18.8 Å². The van der Waals surface area contributed by atoms with Gasteiger partial charge in [0.25, 0.3) is 6.43 Å². The Morgan fingerprint density at radius 2 is 1.91 bits per heavy atom. The van der Waals surface area contributed by atoms with Crippen LogP contribution < -0.4 is 5.32 Å². The van der Waals surface area contributed by atoms with Crippen LogP contribution in [0.2, 0.25) is 5.28 Å². The Morgan fingerprint density at radius 3 is 2.53 bits per heavy atom. The lowest BCUT2D eigenvalue weighted by atomic mass is 10.0. The number of halogens is 4. The van der Waals surface area contributed by atoms with Gasteiger partial charge in [0.2, 0.25) is 5.28 Å². The predicted octanol–water partition coefficient (Wildman–Crippen LogP) is 5.09. The van der Waals surface area contributed by atoms with E-state index in [1.165, 1.54) is 12.1 Å². The first-order chi connectivity index (χ1) is 15.2. The van der Waals surface area contributed by atoms with E-state index in [0.717, 1.165) is 6.07 Å². The topological polar surface area (TPSA) is 82.6 Å². The molecule has 1 aliphatic rings. The maximum Gasteiger partial charge on any atom is 0.314 e. The van der Waals surface area contributed by atoms with Crippen molar-refractivity contribution >= 4 is 23.4 Å². The number of carbonyl (C=O) groups is 1. The molecule has 0 bridgehead atoms. The third-order valence-corrected chi connectivity index (χ3v) is 5.14. The molecule has 0 amide bonds. The molecule has 1 aliphatic heterocycles. The highest BCUT2D eigenvalue weighted by Gasteiger charge is 2.33. The molecule has 3 rings (SSSR count). The Morgan fingerprint density at radius 1 is 1.25 bits per heavy atom. The number of aromatic nitrogens is 2. The number of esters is 1. The number of benzene rings is 1. The van der Waals surface area contributed by atoms with E-state index < -0.39 is 42.0 Å². The van der Waals surface area contributed by atoms with Crippen molar-refractivity contribution in [1.29, 1.82) is 0 Å². The summed E-state index contributed by atoms with van der Waals surface area (Å²) in [5.41, 5.74) is -0.149. The largest absolute Gasteiger partial charge is 0.465 e. The first-order valence-electron chi connectivity index (χ1n) is 10.0. The molecule has 2 heterocycles. The average molecular weight is 474 g/mol. The van der Waals surface area contributed by atoms with Crippen LogP contribution in [0.25, 0.3) is 0 Å². The number of anilines is 1. The Hall–Kier alpha value is -2.43. The molecule has 1 unspecified atom stereocenters. The Kier molecular flexibility index (Phi) is 7.91. The van der Waals surface area contributed by atoms with Gasteiger partial charge in [-0.25, -0.2) is 23.1 Å². The van der Waals surface area contributed by atoms with Crippen LogP contribution in [0.3, 0.4) is 0 Å². The Bertz CT molecular complexity index is 974. The quantitative estimate of drug-likeness (QED) is 0.422. The lowest BCUT2D eigenvalue weighted by molar-refractivity contribution is -0.144. The van der Waals surface area contributed by atoms with Crippen molar-refractivity contribution in [3.05, 3.63) is 51.7 Å². The molecule has 32 heavy (non-hydrogen) atoms. The molecule has 1 aromatic carbocycles. The molecule has 7 nitrogen and oxygen atoms in total. The molecular formula is C21H23ClF3N3O4. The number of hydrogen-bond acceptors (Lipinski definition) is 7. The Balaban J connectivity index is 2.04. The lowest BCUT2D eigenvalue weighted by Gasteiger charge is -2.24. The summed E-state index contributed by atoms with van der Waals surface area (Å²) in [6, 6.07) is 2.99. The van der Waals surface area contributed by atoms with Crippen molar-refractivity contribution in [1.82, 2.24) is 9.97 Å². The molecule has 0 aliphatic carbocycles. The second-order valence-corrected chi connectivity index (χ2v) is 7.44. The number of alkyl halides is 2. The SMILES string of the molecule is CCOC(=O)C(C)c1nc(Cl)nc(N[C@H](C)c2cccc(C(F)F)c2F)c1C1OCCO1. The highest BCUT2D eigenvalue weighted by Crippen LogP contribution is 2.37. The van der Waals surface area contributed by atoms with Crippen molar-refractivity contribution < 1.29 is 32.2 Å². The van der Waals surface area contributed by atoms with Crippen LogP contribution in [-0.4, -0.2) is 35.8 Å². The van der Waals surface area contributed by atoms with E-state index in [-0.39, 0.29) is 29.0 Å². The molecule has 0 radical (unpaired) electrons. The third-order valence-electron chi connectivity index (χ3n) is 4.97. The predicted molar refractivity (Wildman–Crippen MR) is 110 cm³/mol. The van der Waals surface area contributed by atoms with Gasteiger partial charge >= 0.3 is 5.97 Å². The molecule has 1 aromatic heterocycles. The highest BCUT2D eigenvalue weighted by atomic mass is 35.5. The fourth-order valence-corrected chi connectivity index (χ4v) is 3.56. The summed E-state index contributed by atoms with van der Waals surface area (Å²) in [4.78, 5) is 20.8. The van der Waals surface area contributed by atoms with E-state index in [4.69, 9.17) is 25.8 Å². The fraction of sp³-hybridized carbons (Fsp3) is 0.476. The summed E-state index contributed by atoms with van der Waals surface area (Å²) < 4.78 is 57.2. The van der Waals surface area contributed by atoms with Crippen LogP contribution >= 0.6 is 11.6 Å². The van der Waals surface area contributed by atoms with Crippen LogP contribution in [0.15, 0.2) is 18.2 Å².